The minimum atomic E-state index is -0.112. The van der Waals surface area contributed by atoms with Gasteiger partial charge in [0.15, 0.2) is 0 Å². The number of halogens is 1. The summed E-state index contributed by atoms with van der Waals surface area (Å²) in [5.74, 6) is 0.398. The summed E-state index contributed by atoms with van der Waals surface area (Å²) in [5.41, 5.74) is 1.83. The third kappa shape index (κ3) is 3.70. The summed E-state index contributed by atoms with van der Waals surface area (Å²) in [5, 5.41) is 3.36. The summed E-state index contributed by atoms with van der Waals surface area (Å²) >= 11 is 0. The number of methoxy groups -OCH3 is 1. The van der Waals surface area contributed by atoms with Crippen molar-refractivity contribution in [2.75, 3.05) is 38.3 Å². The Morgan fingerprint density at radius 2 is 2.30 bits per heavy atom. The van der Waals surface area contributed by atoms with Gasteiger partial charge in [0.1, 0.15) is 5.82 Å². The van der Waals surface area contributed by atoms with Crippen LogP contribution >= 0.6 is 0 Å². The highest BCUT2D eigenvalue weighted by Crippen LogP contribution is 2.30. The molecule has 1 atom stereocenters. The van der Waals surface area contributed by atoms with E-state index in [2.05, 4.69) is 17.1 Å². The van der Waals surface area contributed by atoms with Crippen molar-refractivity contribution in [1.29, 1.82) is 0 Å². The van der Waals surface area contributed by atoms with Gasteiger partial charge in [0.2, 0.25) is 0 Å². The molecule has 4 heteroatoms. The molecule has 1 heterocycles. The van der Waals surface area contributed by atoms with Crippen molar-refractivity contribution in [3.63, 3.8) is 0 Å². The zero-order valence-corrected chi connectivity index (χ0v) is 12.5. The molecule has 1 aliphatic rings. The van der Waals surface area contributed by atoms with Gasteiger partial charge in [-0.1, -0.05) is 19.1 Å². The van der Waals surface area contributed by atoms with Crippen LogP contribution in [-0.2, 0) is 11.3 Å². The maximum Gasteiger partial charge on any atom is 0.146 e. The molecule has 0 aromatic heterocycles. The molecule has 1 aliphatic heterocycles. The first-order valence-corrected chi connectivity index (χ1v) is 7.48. The van der Waals surface area contributed by atoms with Crippen molar-refractivity contribution in [3.05, 3.63) is 29.6 Å². The molecule has 0 amide bonds. The van der Waals surface area contributed by atoms with Gasteiger partial charge in [-0.25, -0.2) is 4.39 Å². The number of nitrogens with one attached hydrogen (secondary N) is 1. The Labute approximate surface area is 121 Å². The SMILES string of the molecule is CCCNCc1cccc(F)c1N1CCC(COC)C1. The van der Waals surface area contributed by atoms with Crippen molar-refractivity contribution < 1.29 is 9.13 Å². The number of benzene rings is 1. The molecule has 1 saturated heterocycles. The van der Waals surface area contributed by atoms with E-state index in [-0.39, 0.29) is 5.82 Å². The van der Waals surface area contributed by atoms with Crippen LogP contribution in [0.25, 0.3) is 0 Å². The standard InChI is InChI=1S/C16H25FN2O/c1-3-8-18-10-14-5-4-6-15(17)16(14)19-9-7-13(11-19)12-20-2/h4-6,13,18H,3,7-12H2,1-2H3. The van der Waals surface area contributed by atoms with E-state index in [1.807, 2.05) is 6.07 Å². The Morgan fingerprint density at radius 1 is 1.45 bits per heavy atom. The van der Waals surface area contributed by atoms with E-state index in [0.29, 0.717) is 5.92 Å². The number of nitrogens with zero attached hydrogens (tertiary/aromatic N) is 1. The molecule has 1 aromatic rings. The Balaban J connectivity index is 2.09. The molecule has 20 heavy (non-hydrogen) atoms. The van der Waals surface area contributed by atoms with Gasteiger partial charge in [0.25, 0.3) is 0 Å². The van der Waals surface area contributed by atoms with Gasteiger partial charge in [-0.15, -0.1) is 0 Å². The maximum atomic E-state index is 14.2. The summed E-state index contributed by atoms with van der Waals surface area (Å²) < 4.78 is 19.4. The molecule has 1 aromatic carbocycles. The van der Waals surface area contributed by atoms with Gasteiger partial charge in [-0.3, -0.25) is 0 Å². The van der Waals surface area contributed by atoms with Gasteiger partial charge in [0.05, 0.1) is 12.3 Å². The average Bonchev–Trinajstić information content (AvgIpc) is 2.88. The highest BCUT2D eigenvalue weighted by atomic mass is 19.1. The molecule has 3 nitrogen and oxygen atoms in total. The van der Waals surface area contributed by atoms with Crippen molar-refractivity contribution >= 4 is 5.69 Å². The zero-order chi connectivity index (χ0) is 14.4. The van der Waals surface area contributed by atoms with E-state index >= 15 is 0 Å². The minimum absolute atomic E-state index is 0.112. The first kappa shape index (κ1) is 15.3. The van der Waals surface area contributed by atoms with E-state index < -0.39 is 0 Å². The second kappa shape index (κ2) is 7.60. The number of hydrogen-bond acceptors (Lipinski definition) is 3. The predicted octanol–water partition coefficient (Wildman–Crippen LogP) is 2.80. The van der Waals surface area contributed by atoms with Crippen molar-refractivity contribution in [3.8, 4) is 0 Å². The number of rotatable bonds is 7. The molecule has 1 N–H and O–H groups in total. The lowest BCUT2D eigenvalue weighted by Gasteiger charge is -2.23. The van der Waals surface area contributed by atoms with E-state index in [4.69, 9.17) is 4.74 Å². The number of ether oxygens (including phenoxy) is 1. The molecule has 1 fully saturated rings. The number of para-hydroxylation sites is 1. The lowest BCUT2D eigenvalue weighted by Crippen LogP contribution is -2.25. The summed E-state index contributed by atoms with van der Waals surface area (Å²) in [6, 6.07) is 5.37. The molecule has 0 saturated carbocycles. The highest BCUT2D eigenvalue weighted by molar-refractivity contribution is 5.55. The Hall–Kier alpha value is -1.13. The van der Waals surface area contributed by atoms with Gasteiger partial charge >= 0.3 is 0 Å². The van der Waals surface area contributed by atoms with E-state index in [9.17, 15) is 4.39 Å². The largest absolute Gasteiger partial charge is 0.384 e. The summed E-state index contributed by atoms with van der Waals surface area (Å²) in [7, 11) is 1.73. The summed E-state index contributed by atoms with van der Waals surface area (Å²) in [6.45, 7) is 6.38. The van der Waals surface area contributed by atoms with E-state index in [1.165, 1.54) is 0 Å². The fourth-order valence-electron chi connectivity index (χ4n) is 2.86. The van der Waals surface area contributed by atoms with Crippen LogP contribution in [0.3, 0.4) is 0 Å². The van der Waals surface area contributed by atoms with Gasteiger partial charge in [-0.2, -0.15) is 0 Å². The van der Waals surface area contributed by atoms with Crippen LogP contribution in [0.15, 0.2) is 18.2 Å². The minimum Gasteiger partial charge on any atom is -0.384 e. The molecule has 112 valence electrons. The van der Waals surface area contributed by atoms with Crippen molar-refractivity contribution in [2.24, 2.45) is 5.92 Å². The number of anilines is 1. The summed E-state index contributed by atoms with van der Waals surface area (Å²) in [4.78, 5) is 2.17. The topological polar surface area (TPSA) is 24.5 Å². The smallest absolute Gasteiger partial charge is 0.146 e. The quantitative estimate of drug-likeness (QED) is 0.777. The molecular weight excluding hydrogens is 255 g/mol. The average molecular weight is 280 g/mol. The van der Waals surface area contributed by atoms with Crippen LogP contribution in [0.1, 0.15) is 25.3 Å². The normalized spacial score (nSPS) is 18.8. The second-order valence-corrected chi connectivity index (χ2v) is 5.48. The fourth-order valence-corrected chi connectivity index (χ4v) is 2.86. The molecule has 0 spiro atoms. The molecule has 0 radical (unpaired) electrons. The Kier molecular flexibility index (Phi) is 5.80. The first-order valence-electron chi connectivity index (χ1n) is 7.48. The van der Waals surface area contributed by atoms with Crippen LogP contribution in [0.4, 0.5) is 10.1 Å². The van der Waals surface area contributed by atoms with Crippen LogP contribution in [0, 0.1) is 11.7 Å². The molecule has 1 unspecified atom stereocenters. The lowest BCUT2D eigenvalue weighted by atomic mass is 10.1. The third-order valence-electron chi connectivity index (χ3n) is 3.82. The van der Waals surface area contributed by atoms with Gasteiger partial charge in [-0.05, 0) is 31.0 Å². The van der Waals surface area contributed by atoms with Crippen LogP contribution in [-0.4, -0.2) is 33.4 Å². The highest BCUT2D eigenvalue weighted by Gasteiger charge is 2.26. The van der Waals surface area contributed by atoms with E-state index in [1.54, 1.807) is 19.2 Å². The van der Waals surface area contributed by atoms with Crippen LogP contribution < -0.4 is 10.2 Å². The second-order valence-electron chi connectivity index (χ2n) is 5.48. The first-order chi connectivity index (χ1) is 9.76. The van der Waals surface area contributed by atoms with Gasteiger partial charge < -0.3 is 15.0 Å². The molecule has 2 rings (SSSR count). The third-order valence-corrected chi connectivity index (χ3v) is 3.82. The Bertz CT molecular complexity index is 425. The lowest BCUT2D eigenvalue weighted by molar-refractivity contribution is 0.161. The van der Waals surface area contributed by atoms with Crippen molar-refractivity contribution in [2.45, 2.75) is 26.3 Å². The predicted molar refractivity (Wildman–Crippen MR) is 80.6 cm³/mol. The Morgan fingerprint density at radius 3 is 3.05 bits per heavy atom. The van der Waals surface area contributed by atoms with Crippen LogP contribution in [0.2, 0.25) is 0 Å². The molecule has 0 bridgehead atoms. The van der Waals surface area contributed by atoms with E-state index in [0.717, 1.165) is 56.9 Å². The summed E-state index contributed by atoms with van der Waals surface area (Å²) in [6.07, 6.45) is 2.16. The zero-order valence-electron chi connectivity index (χ0n) is 12.5. The monoisotopic (exact) mass is 280 g/mol. The van der Waals surface area contributed by atoms with Crippen LogP contribution in [0.5, 0.6) is 0 Å². The fraction of sp³-hybridized carbons (Fsp3) is 0.625. The van der Waals surface area contributed by atoms with Crippen molar-refractivity contribution in [1.82, 2.24) is 5.32 Å². The molecule has 0 aliphatic carbocycles. The number of hydrogen-bond donors (Lipinski definition) is 1. The molecular formula is C16H25FN2O. The van der Waals surface area contributed by atoms with Gasteiger partial charge in [0, 0.05) is 32.7 Å². The maximum absolute atomic E-state index is 14.2.